The molecule has 3 nitrogen and oxygen atoms in total. The van der Waals surface area contributed by atoms with Gasteiger partial charge in [0.05, 0.1) is 16.8 Å². The third-order valence-corrected chi connectivity index (χ3v) is 4.35. The number of thioether (sulfide) groups is 1. The molecule has 1 amide bonds. The first-order valence-electron chi connectivity index (χ1n) is 7.03. The maximum absolute atomic E-state index is 12.0. The van der Waals surface area contributed by atoms with Crippen molar-refractivity contribution in [3.05, 3.63) is 59.6 Å². The molecule has 1 N–H and O–H groups in total. The maximum atomic E-state index is 12.0. The van der Waals surface area contributed by atoms with Crippen molar-refractivity contribution in [3.63, 3.8) is 0 Å². The molecule has 1 unspecified atom stereocenters. The molecule has 0 spiro atoms. The summed E-state index contributed by atoms with van der Waals surface area (Å²) in [6.45, 7) is 2.73. The van der Waals surface area contributed by atoms with Crippen molar-refractivity contribution in [3.8, 4) is 5.75 Å². The molecule has 0 fully saturated rings. The lowest BCUT2D eigenvalue weighted by molar-refractivity contribution is -0.120. The van der Waals surface area contributed by atoms with Crippen LogP contribution in [0.15, 0.2) is 59.5 Å². The minimum atomic E-state index is -0.150. The van der Waals surface area contributed by atoms with Crippen LogP contribution in [0.3, 0.4) is 0 Å². The van der Waals surface area contributed by atoms with Crippen LogP contribution >= 0.6 is 23.4 Å². The van der Waals surface area contributed by atoms with Crippen LogP contribution in [0, 0.1) is 0 Å². The zero-order valence-electron chi connectivity index (χ0n) is 12.3. The van der Waals surface area contributed by atoms with Gasteiger partial charge in [0.1, 0.15) is 12.4 Å². The second-order valence-electron chi connectivity index (χ2n) is 4.64. The van der Waals surface area contributed by atoms with Crippen molar-refractivity contribution in [2.45, 2.75) is 17.1 Å². The normalized spacial score (nSPS) is 11.7. The van der Waals surface area contributed by atoms with Gasteiger partial charge in [-0.3, -0.25) is 4.79 Å². The average Bonchev–Trinajstić information content (AvgIpc) is 2.53. The van der Waals surface area contributed by atoms with Crippen molar-refractivity contribution in [2.75, 3.05) is 13.2 Å². The summed E-state index contributed by atoms with van der Waals surface area (Å²) in [6.07, 6.45) is 0. The van der Waals surface area contributed by atoms with Crippen LogP contribution in [-0.4, -0.2) is 24.3 Å². The number of carbonyl (C=O) groups is 1. The van der Waals surface area contributed by atoms with Gasteiger partial charge in [-0.05, 0) is 31.2 Å². The number of carbonyl (C=O) groups excluding carboxylic acids is 1. The van der Waals surface area contributed by atoms with E-state index in [2.05, 4.69) is 5.32 Å². The summed E-state index contributed by atoms with van der Waals surface area (Å²) in [7, 11) is 0. The van der Waals surface area contributed by atoms with Gasteiger partial charge in [-0.25, -0.2) is 0 Å². The highest BCUT2D eigenvalue weighted by Gasteiger charge is 2.13. The first-order valence-corrected chi connectivity index (χ1v) is 8.29. The summed E-state index contributed by atoms with van der Waals surface area (Å²) in [5, 5.41) is 3.29. The predicted octanol–water partition coefficient (Wildman–Crippen LogP) is 4.02. The summed E-state index contributed by atoms with van der Waals surface area (Å²) in [6, 6.07) is 17.2. The second kappa shape index (κ2) is 8.71. The Bertz CT molecular complexity index is 607. The van der Waals surface area contributed by atoms with Gasteiger partial charge in [-0.1, -0.05) is 41.9 Å². The molecule has 0 heterocycles. The Labute approximate surface area is 140 Å². The van der Waals surface area contributed by atoms with E-state index in [1.807, 2.05) is 49.4 Å². The van der Waals surface area contributed by atoms with E-state index >= 15 is 0 Å². The highest BCUT2D eigenvalue weighted by molar-refractivity contribution is 8.00. The molecule has 0 aliphatic heterocycles. The van der Waals surface area contributed by atoms with Crippen LogP contribution in [0.1, 0.15) is 6.92 Å². The van der Waals surface area contributed by atoms with E-state index in [9.17, 15) is 4.79 Å². The first kappa shape index (κ1) is 16.7. The number of nitrogens with one attached hydrogen (secondary N) is 1. The molecule has 116 valence electrons. The Morgan fingerprint density at radius 2 is 1.86 bits per heavy atom. The number of hydrogen-bond donors (Lipinski definition) is 1. The van der Waals surface area contributed by atoms with E-state index in [0.29, 0.717) is 23.9 Å². The largest absolute Gasteiger partial charge is 0.490 e. The molecule has 0 saturated carbocycles. The number of benzene rings is 2. The number of halogens is 1. The van der Waals surface area contributed by atoms with Gasteiger partial charge in [-0.15, -0.1) is 11.8 Å². The van der Waals surface area contributed by atoms with Crippen molar-refractivity contribution >= 4 is 29.3 Å². The Hall–Kier alpha value is -1.65. The molecular formula is C17H18ClNO2S. The summed E-state index contributed by atoms with van der Waals surface area (Å²) in [5.41, 5.74) is 0. The Morgan fingerprint density at radius 3 is 2.59 bits per heavy atom. The fraction of sp³-hybridized carbons (Fsp3) is 0.235. The summed E-state index contributed by atoms with van der Waals surface area (Å²) < 4.78 is 5.53. The molecule has 2 aromatic carbocycles. The van der Waals surface area contributed by atoms with Gasteiger partial charge in [0.25, 0.3) is 0 Å². The molecular weight excluding hydrogens is 318 g/mol. The minimum Gasteiger partial charge on any atom is -0.490 e. The fourth-order valence-electron chi connectivity index (χ4n) is 1.80. The first-order chi connectivity index (χ1) is 10.7. The van der Waals surface area contributed by atoms with E-state index < -0.39 is 0 Å². The van der Waals surface area contributed by atoms with Gasteiger partial charge in [0, 0.05) is 4.90 Å². The average molecular weight is 336 g/mol. The molecule has 0 aromatic heterocycles. The molecule has 2 rings (SSSR count). The van der Waals surface area contributed by atoms with E-state index in [4.69, 9.17) is 16.3 Å². The van der Waals surface area contributed by atoms with E-state index in [-0.39, 0.29) is 11.2 Å². The van der Waals surface area contributed by atoms with Gasteiger partial charge >= 0.3 is 0 Å². The van der Waals surface area contributed by atoms with Gasteiger partial charge in [-0.2, -0.15) is 0 Å². The van der Waals surface area contributed by atoms with Crippen LogP contribution in [0.2, 0.25) is 5.02 Å². The highest BCUT2D eigenvalue weighted by atomic mass is 35.5. The van der Waals surface area contributed by atoms with Crippen molar-refractivity contribution in [2.24, 2.45) is 0 Å². The topological polar surface area (TPSA) is 38.3 Å². The van der Waals surface area contributed by atoms with E-state index in [1.165, 1.54) is 11.8 Å². The predicted molar refractivity (Wildman–Crippen MR) is 91.7 cm³/mol. The third kappa shape index (κ3) is 5.28. The quantitative estimate of drug-likeness (QED) is 0.613. The molecule has 0 aliphatic rings. The standard InChI is InChI=1S/C17H18ClNO2S/c1-13(22-14-7-3-2-4-8-14)17(20)19-11-12-21-16-10-6-5-9-15(16)18/h2-10,13H,11-12H2,1H3,(H,19,20). The Kier molecular flexibility index (Phi) is 6.62. The van der Waals surface area contributed by atoms with Crippen molar-refractivity contribution in [1.82, 2.24) is 5.32 Å². The number of ether oxygens (including phenoxy) is 1. The zero-order chi connectivity index (χ0) is 15.8. The summed E-state index contributed by atoms with van der Waals surface area (Å²) in [5.74, 6) is 0.627. The van der Waals surface area contributed by atoms with Gasteiger partial charge < -0.3 is 10.1 Å². The smallest absolute Gasteiger partial charge is 0.233 e. The lowest BCUT2D eigenvalue weighted by Gasteiger charge is -2.13. The van der Waals surface area contributed by atoms with Crippen molar-refractivity contribution < 1.29 is 9.53 Å². The molecule has 0 bridgehead atoms. The van der Waals surface area contributed by atoms with Crippen LogP contribution in [0.25, 0.3) is 0 Å². The van der Waals surface area contributed by atoms with Gasteiger partial charge in [0.2, 0.25) is 5.91 Å². The number of rotatable bonds is 7. The lowest BCUT2D eigenvalue weighted by atomic mass is 10.3. The number of para-hydroxylation sites is 1. The molecule has 1 atom stereocenters. The summed E-state index contributed by atoms with van der Waals surface area (Å²) in [4.78, 5) is 13.1. The molecule has 5 heteroatoms. The minimum absolute atomic E-state index is 0.00314. The fourth-order valence-corrected chi connectivity index (χ4v) is 2.90. The SMILES string of the molecule is CC(Sc1ccccc1)C(=O)NCCOc1ccccc1Cl. The van der Waals surface area contributed by atoms with Crippen LogP contribution < -0.4 is 10.1 Å². The molecule has 22 heavy (non-hydrogen) atoms. The molecule has 0 saturated heterocycles. The lowest BCUT2D eigenvalue weighted by Crippen LogP contribution is -2.33. The maximum Gasteiger partial charge on any atom is 0.233 e. The van der Waals surface area contributed by atoms with Crippen LogP contribution in [0.5, 0.6) is 5.75 Å². The van der Waals surface area contributed by atoms with E-state index in [1.54, 1.807) is 12.1 Å². The zero-order valence-corrected chi connectivity index (χ0v) is 13.9. The molecule has 0 aliphatic carbocycles. The van der Waals surface area contributed by atoms with Gasteiger partial charge in [0.15, 0.2) is 0 Å². The Morgan fingerprint density at radius 1 is 1.18 bits per heavy atom. The third-order valence-electron chi connectivity index (χ3n) is 2.92. The molecule has 0 radical (unpaired) electrons. The van der Waals surface area contributed by atoms with Crippen LogP contribution in [-0.2, 0) is 4.79 Å². The van der Waals surface area contributed by atoms with Crippen molar-refractivity contribution in [1.29, 1.82) is 0 Å². The molecule has 2 aromatic rings. The number of hydrogen-bond acceptors (Lipinski definition) is 3. The second-order valence-corrected chi connectivity index (χ2v) is 6.46. The number of amides is 1. The van der Waals surface area contributed by atoms with E-state index in [0.717, 1.165) is 4.90 Å². The monoisotopic (exact) mass is 335 g/mol. The summed E-state index contributed by atoms with van der Waals surface area (Å²) >= 11 is 7.53. The highest BCUT2D eigenvalue weighted by Crippen LogP contribution is 2.23. The van der Waals surface area contributed by atoms with Crippen LogP contribution in [0.4, 0.5) is 0 Å². The Balaban J connectivity index is 1.70.